The second kappa shape index (κ2) is 9.65. The molecule has 1 aliphatic carbocycles. The average Bonchev–Trinajstić information content (AvgIpc) is 3.46. The number of hydrogen-bond donors (Lipinski definition) is 1. The molecule has 0 saturated carbocycles. The van der Waals surface area contributed by atoms with E-state index in [1.54, 1.807) is 6.07 Å². The zero-order valence-corrected chi connectivity index (χ0v) is 22.6. The van der Waals surface area contributed by atoms with Gasteiger partial charge in [-0.05, 0) is 51.2 Å². The molecular weight excluding hydrogens is 669 g/mol. The largest absolute Gasteiger partial charge is 0.312 e. The average molecular weight is 686 g/mol. The summed E-state index contributed by atoms with van der Waals surface area (Å²) in [5, 5.41) is 3.53. The molecule has 1 radical (unpaired) electrons. The fourth-order valence-electron chi connectivity index (χ4n) is 4.25. The SMILES string of the molecule is O=S(=O)(O)c1ccccn1.[Ir].[c-]1cc2sc3ccccc3c2cc1-c1cc2c3c(cccc3n1)C=C2. The molecule has 6 aromatic rings. The molecule has 1 aliphatic rings. The van der Waals surface area contributed by atoms with Crippen LogP contribution in [0, 0.1) is 6.07 Å². The zero-order valence-electron chi connectivity index (χ0n) is 18.5. The first-order chi connectivity index (χ1) is 17.0. The molecule has 5 nitrogen and oxygen atoms in total. The van der Waals surface area contributed by atoms with Crippen molar-refractivity contribution >= 4 is 64.7 Å². The van der Waals surface area contributed by atoms with Crippen LogP contribution in [-0.4, -0.2) is 22.9 Å². The topological polar surface area (TPSA) is 80.2 Å². The third-order valence-electron chi connectivity index (χ3n) is 5.83. The van der Waals surface area contributed by atoms with Crippen LogP contribution >= 0.6 is 11.3 Å². The van der Waals surface area contributed by atoms with Crippen LogP contribution in [-0.2, 0) is 30.2 Å². The number of rotatable bonds is 2. The summed E-state index contributed by atoms with van der Waals surface area (Å²) in [6, 6.07) is 29.1. The standard InChI is InChI=1S/C23H12NS.C5H5NO3S.Ir/c1-2-7-21-17(5-1)18-12-15(10-11-22(18)25-21)20-13-16-9-8-14-4-3-6-19(24-20)23(14)16;7-10(8,9)5-3-1-2-4-6-5;/h1-9,11-13H;1-4H,(H,7,8,9);/q-1;;. The Balaban J connectivity index is 0.000000207. The van der Waals surface area contributed by atoms with Crippen molar-refractivity contribution in [1.82, 2.24) is 9.97 Å². The van der Waals surface area contributed by atoms with Gasteiger partial charge in [0.2, 0.25) is 0 Å². The molecule has 0 bridgehead atoms. The number of benzene rings is 3. The van der Waals surface area contributed by atoms with Crippen molar-refractivity contribution in [1.29, 1.82) is 0 Å². The monoisotopic (exact) mass is 686 g/mol. The van der Waals surface area contributed by atoms with Gasteiger partial charge in [-0.1, -0.05) is 60.0 Å². The molecule has 0 amide bonds. The van der Waals surface area contributed by atoms with E-state index in [9.17, 15) is 8.42 Å². The van der Waals surface area contributed by atoms with Gasteiger partial charge in [0, 0.05) is 36.4 Å². The van der Waals surface area contributed by atoms with E-state index in [1.165, 1.54) is 55.0 Å². The van der Waals surface area contributed by atoms with Gasteiger partial charge in [0.15, 0.2) is 5.03 Å². The molecular formula is C28H17IrN2O3S2-. The van der Waals surface area contributed by atoms with Crippen LogP contribution in [0.1, 0.15) is 11.1 Å². The molecule has 1 N–H and O–H groups in total. The summed E-state index contributed by atoms with van der Waals surface area (Å²) in [5.74, 6) is 0. The van der Waals surface area contributed by atoms with Gasteiger partial charge in [-0.15, -0.1) is 23.8 Å². The summed E-state index contributed by atoms with van der Waals surface area (Å²) in [5.41, 5.74) is 5.61. The van der Waals surface area contributed by atoms with Crippen molar-refractivity contribution < 1.29 is 33.1 Å². The minimum atomic E-state index is -4.11. The third kappa shape index (κ3) is 4.50. The molecule has 0 atom stereocenters. The number of fused-ring (bicyclic) bond motifs is 3. The Morgan fingerprint density at radius 1 is 0.833 bits per heavy atom. The Kier molecular flexibility index (Phi) is 6.55. The normalized spacial score (nSPS) is 11.9. The van der Waals surface area contributed by atoms with Crippen LogP contribution in [0.5, 0.6) is 0 Å². The van der Waals surface area contributed by atoms with Crippen LogP contribution < -0.4 is 0 Å². The molecule has 36 heavy (non-hydrogen) atoms. The molecule has 3 aromatic heterocycles. The summed E-state index contributed by atoms with van der Waals surface area (Å²) in [4.78, 5) is 8.32. The van der Waals surface area contributed by atoms with Gasteiger partial charge in [-0.3, -0.25) is 9.54 Å². The molecule has 7 rings (SSSR count). The molecule has 0 unspecified atom stereocenters. The van der Waals surface area contributed by atoms with Crippen molar-refractivity contribution in [3.63, 3.8) is 0 Å². The minimum Gasteiger partial charge on any atom is -0.296 e. The first-order valence-corrected chi connectivity index (χ1v) is 13.1. The third-order valence-corrected chi connectivity index (χ3v) is 7.73. The first kappa shape index (κ1) is 24.4. The van der Waals surface area contributed by atoms with E-state index in [-0.39, 0.29) is 25.1 Å². The zero-order chi connectivity index (χ0) is 24.0. The Morgan fingerprint density at radius 2 is 1.64 bits per heavy atom. The number of nitrogens with zero attached hydrogens (tertiary/aromatic N) is 2. The van der Waals surface area contributed by atoms with E-state index in [4.69, 9.17) is 9.54 Å². The number of pyridine rings is 2. The molecule has 179 valence electrons. The van der Waals surface area contributed by atoms with E-state index in [1.807, 2.05) is 11.3 Å². The summed E-state index contributed by atoms with van der Waals surface area (Å²) < 4.78 is 31.6. The summed E-state index contributed by atoms with van der Waals surface area (Å²) in [7, 11) is -4.11. The molecule has 0 saturated heterocycles. The van der Waals surface area contributed by atoms with Crippen LogP contribution in [0.25, 0.3) is 54.5 Å². The summed E-state index contributed by atoms with van der Waals surface area (Å²) in [6.45, 7) is 0. The number of hydrogen-bond acceptors (Lipinski definition) is 5. The van der Waals surface area contributed by atoms with Gasteiger partial charge in [-0.2, -0.15) is 19.8 Å². The van der Waals surface area contributed by atoms with Crippen LogP contribution in [0.4, 0.5) is 0 Å². The van der Waals surface area contributed by atoms with Crippen molar-refractivity contribution in [2.45, 2.75) is 5.03 Å². The van der Waals surface area contributed by atoms with Crippen LogP contribution in [0.15, 0.2) is 90.1 Å². The second-order valence-electron chi connectivity index (χ2n) is 8.04. The van der Waals surface area contributed by atoms with E-state index < -0.39 is 10.1 Å². The van der Waals surface area contributed by atoms with Crippen molar-refractivity contribution in [3.8, 4) is 11.3 Å². The number of thiophene rings is 1. The van der Waals surface area contributed by atoms with Crippen molar-refractivity contribution in [2.75, 3.05) is 0 Å². The van der Waals surface area contributed by atoms with Crippen LogP contribution in [0.2, 0.25) is 0 Å². The van der Waals surface area contributed by atoms with Gasteiger partial charge < -0.3 is 0 Å². The van der Waals surface area contributed by atoms with Gasteiger partial charge in [0.05, 0.1) is 5.52 Å². The molecule has 3 aromatic carbocycles. The van der Waals surface area contributed by atoms with E-state index in [0.29, 0.717) is 0 Å². The quantitative estimate of drug-likeness (QED) is 0.159. The second-order valence-corrected chi connectivity index (χ2v) is 10.5. The Hall–Kier alpha value is -3.26. The van der Waals surface area contributed by atoms with Crippen molar-refractivity contribution in [3.05, 3.63) is 102 Å². The molecule has 0 fully saturated rings. The van der Waals surface area contributed by atoms with E-state index in [0.717, 1.165) is 16.8 Å². The maximum atomic E-state index is 10.3. The predicted molar refractivity (Wildman–Crippen MR) is 142 cm³/mol. The maximum absolute atomic E-state index is 10.3. The predicted octanol–water partition coefficient (Wildman–Crippen LogP) is 6.88. The van der Waals surface area contributed by atoms with E-state index in [2.05, 4.69) is 83.9 Å². The fraction of sp³-hybridized carbons (Fsp3) is 0. The Bertz CT molecular complexity index is 1880. The molecule has 0 aliphatic heterocycles. The Morgan fingerprint density at radius 3 is 2.42 bits per heavy atom. The molecule has 3 heterocycles. The van der Waals surface area contributed by atoms with Gasteiger partial charge >= 0.3 is 10.1 Å². The minimum absolute atomic E-state index is 0. The molecule has 0 spiro atoms. The first-order valence-electron chi connectivity index (χ1n) is 10.8. The van der Waals surface area contributed by atoms with Crippen molar-refractivity contribution in [2.24, 2.45) is 0 Å². The van der Waals surface area contributed by atoms with Gasteiger partial charge in [-0.25, -0.2) is 4.98 Å². The smallest absolute Gasteiger partial charge is 0.296 e. The van der Waals surface area contributed by atoms with Gasteiger partial charge in [0.1, 0.15) is 0 Å². The van der Waals surface area contributed by atoms with E-state index >= 15 is 0 Å². The number of aromatic nitrogens is 2. The summed E-state index contributed by atoms with van der Waals surface area (Å²) >= 11 is 1.82. The maximum Gasteiger partial charge on any atom is 0.312 e. The fourth-order valence-corrected chi connectivity index (χ4v) is 5.76. The van der Waals surface area contributed by atoms with Gasteiger partial charge in [0.25, 0.3) is 0 Å². The Labute approximate surface area is 225 Å². The molecule has 8 heteroatoms. The summed E-state index contributed by atoms with van der Waals surface area (Å²) in [6.07, 6.45) is 5.65. The van der Waals surface area contributed by atoms with Crippen LogP contribution in [0.3, 0.4) is 0 Å².